The van der Waals surface area contributed by atoms with Crippen molar-refractivity contribution in [1.29, 1.82) is 0 Å². The van der Waals surface area contributed by atoms with E-state index in [0.717, 1.165) is 22.7 Å². The summed E-state index contributed by atoms with van der Waals surface area (Å²) in [6.07, 6.45) is 1.98. The lowest BCUT2D eigenvalue weighted by Crippen LogP contribution is -2.32. The Kier molecular flexibility index (Phi) is 3.76. The number of carboxylic acids is 1. The number of carboxylic acid groups (broad SMARTS) is 1. The van der Waals surface area contributed by atoms with Gasteiger partial charge in [-0.2, -0.15) is 0 Å². The third kappa shape index (κ3) is 2.88. The van der Waals surface area contributed by atoms with Crippen LogP contribution in [0.5, 0.6) is 0 Å². The van der Waals surface area contributed by atoms with Gasteiger partial charge in [0.25, 0.3) is 0 Å². The van der Waals surface area contributed by atoms with Gasteiger partial charge in [-0.25, -0.2) is 0 Å². The van der Waals surface area contributed by atoms with Crippen molar-refractivity contribution in [2.24, 2.45) is 5.73 Å². The number of nitrogens with two attached hydrogens (primary N) is 1. The van der Waals surface area contributed by atoms with Gasteiger partial charge in [0.1, 0.15) is 11.8 Å². The summed E-state index contributed by atoms with van der Waals surface area (Å²) in [5, 5.41) is 8.87. The molecule has 0 radical (unpaired) electrons. The molecule has 5 heteroatoms. The van der Waals surface area contributed by atoms with E-state index in [0.29, 0.717) is 13.0 Å². The molecule has 102 valence electrons. The molecule has 1 unspecified atom stereocenters. The lowest BCUT2D eigenvalue weighted by molar-refractivity contribution is -0.138. The van der Waals surface area contributed by atoms with Crippen molar-refractivity contribution < 1.29 is 14.3 Å². The molecule has 0 aliphatic heterocycles. The Balaban J connectivity index is 2.22. The number of aryl methyl sites for hydroxylation is 1. The second kappa shape index (κ2) is 5.32. The third-order valence-corrected chi connectivity index (χ3v) is 3.33. The first-order valence-electron chi connectivity index (χ1n) is 6.15. The van der Waals surface area contributed by atoms with Crippen molar-refractivity contribution in [1.82, 2.24) is 4.57 Å². The predicted octanol–water partition coefficient (Wildman–Crippen LogP) is 1.70. The van der Waals surface area contributed by atoms with Gasteiger partial charge >= 0.3 is 5.97 Å². The first-order valence-corrected chi connectivity index (χ1v) is 6.15. The van der Waals surface area contributed by atoms with Crippen molar-refractivity contribution in [3.63, 3.8) is 0 Å². The van der Waals surface area contributed by atoms with Crippen LogP contribution >= 0.6 is 0 Å². The normalized spacial score (nSPS) is 12.6. The fraction of sp³-hybridized carbons (Fsp3) is 0.357. The van der Waals surface area contributed by atoms with E-state index in [9.17, 15) is 4.79 Å². The molecule has 0 aliphatic rings. The van der Waals surface area contributed by atoms with Gasteiger partial charge in [0.2, 0.25) is 0 Å². The zero-order chi connectivity index (χ0) is 14.0. The van der Waals surface area contributed by atoms with Crippen LogP contribution in [0.4, 0.5) is 0 Å². The number of carbonyl (C=O) groups is 1. The molecule has 2 aromatic heterocycles. The van der Waals surface area contributed by atoms with E-state index in [-0.39, 0.29) is 0 Å². The Morgan fingerprint density at radius 3 is 2.84 bits per heavy atom. The number of hydrogen-bond acceptors (Lipinski definition) is 3. The molecule has 2 heterocycles. The van der Waals surface area contributed by atoms with Crippen LogP contribution in [0.1, 0.15) is 22.7 Å². The van der Waals surface area contributed by atoms with Crippen LogP contribution in [0.25, 0.3) is 0 Å². The molecule has 0 aliphatic carbocycles. The maximum absolute atomic E-state index is 10.8. The van der Waals surface area contributed by atoms with Crippen LogP contribution in [-0.2, 0) is 17.8 Å². The van der Waals surface area contributed by atoms with E-state index in [1.807, 2.05) is 32.0 Å². The van der Waals surface area contributed by atoms with Crippen molar-refractivity contribution in [3.8, 4) is 0 Å². The second-order valence-electron chi connectivity index (χ2n) is 4.71. The molecular formula is C14H18N2O3. The minimum Gasteiger partial charge on any atom is -0.480 e. The van der Waals surface area contributed by atoms with E-state index in [1.54, 1.807) is 6.26 Å². The van der Waals surface area contributed by atoms with Crippen LogP contribution in [-0.4, -0.2) is 21.7 Å². The topological polar surface area (TPSA) is 81.4 Å². The summed E-state index contributed by atoms with van der Waals surface area (Å²) in [4.78, 5) is 10.8. The molecule has 19 heavy (non-hydrogen) atoms. The van der Waals surface area contributed by atoms with E-state index in [2.05, 4.69) is 4.57 Å². The highest BCUT2D eigenvalue weighted by molar-refractivity contribution is 5.73. The van der Waals surface area contributed by atoms with E-state index in [4.69, 9.17) is 15.3 Å². The molecule has 0 aromatic carbocycles. The highest BCUT2D eigenvalue weighted by Gasteiger charge is 2.17. The number of aliphatic carboxylic acids is 1. The number of hydrogen-bond donors (Lipinski definition) is 2. The number of nitrogens with zero attached hydrogens (tertiary/aromatic N) is 1. The second-order valence-corrected chi connectivity index (χ2v) is 4.71. The summed E-state index contributed by atoms with van der Waals surface area (Å²) >= 11 is 0. The molecule has 3 N–H and O–H groups in total. The highest BCUT2D eigenvalue weighted by atomic mass is 16.4. The minimum atomic E-state index is -0.976. The molecular weight excluding hydrogens is 244 g/mol. The Bertz CT molecular complexity index is 570. The summed E-state index contributed by atoms with van der Waals surface area (Å²) < 4.78 is 7.44. The summed E-state index contributed by atoms with van der Waals surface area (Å²) in [7, 11) is 0. The molecule has 0 spiro atoms. The van der Waals surface area contributed by atoms with Crippen molar-refractivity contribution in [2.75, 3.05) is 0 Å². The summed E-state index contributed by atoms with van der Waals surface area (Å²) in [5.41, 5.74) is 8.66. The zero-order valence-electron chi connectivity index (χ0n) is 11.1. The summed E-state index contributed by atoms with van der Waals surface area (Å²) in [6.45, 7) is 4.61. The van der Waals surface area contributed by atoms with Crippen molar-refractivity contribution in [2.45, 2.75) is 32.9 Å². The molecule has 2 rings (SSSR count). The summed E-state index contributed by atoms with van der Waals surface area (Å²) in [5.74, 6) is -0.105. The van der Waals surface area contributed by atoms with Crippen LogP contribution in [0.15, 0.2) is 28.9 Å². The SMILES string of the molecule is Cc1cc(CC(N)C(=O)O)c(C)n1Cc1ccco1. The maximum Gasteiger partial charge on any atom is 0.320 e. The molecule has 0 fully saturated rings. The maximum atomic E-state index is 10.8. The van der Waals surface area contributed by atoms with Gasteiger partial charge in [-0.3, -0.25) is 4.79 Å². The average molecular weight is 262 g/mol. The van der Waals surface area contributed by atoms with Gasteiger partial charge in [0.05, 0.1) is 12.8 Å². The molecule has 0 saturated heterocycles. The third-order valence-electron chi connectivity index (χ3n) is 3.33. The first-order chi connectivity index (χ1) is 8.99. The zero-order valence-corrected chi connectivity index (χ0v) is 11.1. The monoisotopic (exact) mass is 262 g/mol. The van der Waals surface area contributed by atoms with Crippen LogP contribution in [0, 0.1) is 13.8 Å². The number of rotatable bonds is 5. The molecule has 2 aromatic rings. The van der Waals surface area contributed by atoms with Gasteiger partial charge in [0, 0.05) is 11.4 Å². The van der Waals surface area contributed by atoms with Gasteiger partial charge < -0.3 is 19.8 Å². The van der Waals surface area contributed by atoms with E-state index >= 15 is 0 Å². The van der Waals surface area contributed by atoms with Gasteiger partial charge in [-0.15, -0.1) is 0 Å². The highest BCUT2D eigenvalue weighted by Crippen LogP contribution is 2.18. The molecule has 0 saturated carbocycles. The summed E-state index contributed by atoms with van der Waals surface area (Å²) in [6, 6.07) is 4.89. The first kappa shape index (κ1) is 13.4. The molecule has 1 atom stereocenters. The number of aromatic nitrogens is 1. The quantitative estimate of drug-likeness (QED) is 0.859. The Morgan fingerprint density at radius 1 is 1.53 bits per heavy atom. The van der Waals surface area contributed by atoms with Crippen LogP contribution in [0.3, 0.4) is 0 Å². The largest absolute Gasteiger partial charge is 0.480 e. The standard InChI is InChI=1S/C14H18N2O3/c1-9-6-11(7-13(15)14(17)18)10(2)16(9)8-12-4-3-5-19-12/h3-6,13H,7-8,15H2,1-2H3,(H,17,18). The van der Waals surface area contributed by atoms with Crippen molar-refractivity contribution in [3.05, 3.63) is 47.2 Å². The van der Waals surface area contributed by atoms with E-state index < -0.39 is 12.0 Å². The Hall–Kier alpha value is -2.01. The Morgan fingerprint density at radius 2 is 2.26 bits per heavy atom. The fourth-order valence-electron chi connectivity index (χ4n) is 2.20. The van der Waals surface area contributed by atoms with Gasteiger partial charge in [0.15, 0.2) is 0 Å². The fourth-order valence-corrected chi connectivity index (χ4v) is 2.20. The predicted molar refractivity (Wildman–Crippen MR) is 71.0 cm³/mol. The Labute approximate surface area is 111 Å². The lowest BCUT2D eigenvalue weighted by atomic mass is 10.1. The lowest BCUT2D eigenvalue weighted by Gasteiger charge is -2.09. The smallest absolute Gasteiger partial charge is 0.320 e. The van der Waals surface area contributed by atoms with Crippen molar-refractivity contribution >= 4 is 5.97 Å². The number of furan rings is 1. The molecule has 0 bridgehead atoms. The van der Waals surface area contributed by atoms with Gasteiger partial charge in [-0.1, -0.05) is 0 Å². The average Bonchev–Trinajstić information content (AvgIpc) is 2.94. The minimum absolute atomic E-state index is 0.340. The van der Waals surface area contributed by atoms with E-state index in [1.165, 1.54) is 0 Å². The van der Waals surface area contributed by atoms with Gasteiger partial charge in [-0.05, 0) is 44.0 Å². The van der Waals surface area contributed by atoms with Crippen LogP contribution in [0.2, 0.25) is 0 Å². The van der Waals surface area contributed by atoms with Crippen LogP contribution < -0.4 is 5.73 Å². The molecule has 0 amide bonds. The molecule has 5 nitrogen and oxygen atoms in total.